The van der Waals surface area contributed by atoms with Crippen molar-refractivity contribution in [1.29, 1.82) is 5.26 Å². The van der Waals surface area contributed by atoms with Gasteiger partial charge in [-0.05, 0) is 42.7 Å². The number of rotatable bonds is 5. The number of carbonyl (C=O) groups is 1. The molecule has 1 N–H and O–H groups in total. The molecular weight excluding hydrogens is 291 g/mol. The highest BCUT2D eigenvalue weighted by Gasteiger charge is 2.19. The lowest BCUT2D eigenvalue weighted by Gasteiger charge is -2.10. The predicted molar refractivity (Wildman–Crippen MR) is 79.2 cm³/mol. The second-order valence-electron chi connectivity index (χ2n) is 3.96. The van der Waals surface area contributed by atoms with E-state index in [-0.39, 0.29) is 17.2 Å². The van der Waals surface area contributed by atoms with Crippen LogP contribution in [0.15, 0.2) is 57.7 Å². The highest BCUT2D eigenvalue weighted by molar-refractivity contribution is 8.02. The van der Waals surface area contributed by atoms with Crippen molar-refractivity contribution >= 4 is 23.2 Å². The van der Waals surface area contributed by atoms with Gasteiger partial charge in [0.15, 0.2) is 5.76 Å². The Morgan fingerprint density at radius 3 is 2.57 bits per heavy atom. The lowest BCUT2D eigenvalue weighted by atomic mass is 10.1. The molecule has 21 heavy (non-hydrogen) atoms. The molecule has 0 saturated carbocycles. The van der Waals surface area contributed by atoms with Crippen molar-refractivity contribution in [2.75, 3.05) is 11.6 Å². The van der Waals surface area contributed by atoms with E-state index < -0.39 is 5.78 Å². The van der Waals surface area contributed by atoms with Crippen molar-refractivity contribution < 1.29 is 13.6 Å². The summed E-state index contributed by atoms with van der Waals surface area (Å²) in [7, 11) is 0. The van der Waals surface area contributed by atoms with Crippen molar-refractivity contribution in [1.82, 2.24) is 0 Å². The number of nitriles is 1. The van der Waals surface area contributed by atoms with Crippen LogP contribution in [0, 0.1) is 17.1 Å². The third-order valence-corrected chi connectivity index (χ3v) is 3.33. The van der Waals surface area contributed by atoms with Crippen LogP contribution < -0.4 is 5.32 Å². The summed E-state index contributed by atoms with van der Waals surface area (Å²) in [5.41, 5.74) is 0.530. The molecule has 0 spiro atoms. The molecule has 106 valence electrons. The normalized spacial score (nSPS) is 11.5. The van der Waals surface area contributed by atoms with Gasteiger partial charge in [-0.3, -0.25) is 4.79 Å². The Kier molecular flexibility index (Phi) is 4.80. The number of Topliss-reactive ketones (excluding diaryl/α,β-unsaturated/α-hetero) is 1. The van der Waals surface area contributed by atoms with Crippen LogP contribution in [-0.4, -0.2) is 12.0 Å². The largest absolute Gasteiger partial charge is 0.461 e. The second kappa shape index (κ2) is 6.77. The van der Waals surface area contributed by atoms with Crippen molar-refractivity contribution in [2.45, 2.75) is 0 Å². The average molecular weight is 302 g/mol. The summed E-state index contributed by atoms with van der Waals surface area (Å²) in [6.45, 7) is 0. The van der Waals surface area contributed by atoms with Crippen LogP contribution in [0.5, 0.6) is 0 Å². The van der Waals surface area contributed by atoms with E-state index in [0.717, 1.165) is 0 Å². The number of hydrogen-bond acceptors (Lipinski definition) is 5. The number of furan rings is 1. The maximum Gasteiger partial charge on any atom is 0.241 e. The molecule has 0 unspecified atom stereocenters. The van der Waals surface area contributed by atoms with Gasteiger partial charge in [0, 0.05) is 5.69 Å². The quantitative estimate of drug-likeness (QED) is 0.517. The van der Waals surface area contributed by atoms with Gasteiger partial charge in [0.1, 0.15) is 17.5 Å². The van der Waals surface area contributed by atoms with Gasteiger partial charge in [-0.2, -0.15) is 5.26 Å². The van der Waals surface area contributed by atoms with Gasteiger partial charge < -0.3 is 9.73 Å². The number of ketones is 1. The van der Waals surface area contributed by atoms with E-state index in [1.807, 2.05) is 6.07 Å². The molecule has 1 heterocycles. The molecule has 0 aliphatic carbocycles. The van der Waals surface area contributed by atoms with Crippen molar-refractivity contribution in [3.05, 3.63) is 64.8 Å². The Labute approximate surface area is 125 Å². The fourth-order valence-electron chi connectivity index (χ4n) is 1.62. The minimum absolute atomic E-state index is 0.0539. The second-order valence-corrected chi connectivity index (χ2v) is 4.77. The Balaban J connectivity index is 2.33. The van der Waals surface area contributed by atoms with E-state index in [1.54, 1.807) is 12.3 Å². The third kappa shape index (κ3) is 3.52. The first kappa shape index (κ1) is 14.9. The summed E-state index contributed by atoms with van der Waals surface area (Å²) < 4.78 is 17.9. The standard InChI is InChI=1S/C15H11FN2O2S/c1-21-15(18-11-6-4-10(16)5-7-11)12(9-17)14(19)13-3-2-8-20-13/h2-8,18H,1H3/b15-12+. The van der Waals surface area contributed by atoms with Gasteiger partial charge >= 0.3 is 0 Å². The minimum Gasteiger partial charge on any atom is -0.461 e. The Bertz CT molecular complexity index is 700. The van der Waals surface area contributed by atoms with Crippen molar-refractivity contribution in [3.8, 4) is 6.07 Å². The molecule has 0 bridgehead atoms. The summed E-state index contributed by atoms with van der Waals surface area (Å²) in [4.78, 5) is 12.2. The van der Waals surface area contributed by atoms with Crippen molar-refractivity contribution in [3.63, 3.8) is 0 Å². The van der Waals surface area contributed by atoms with Crippen LogP contribution in [0.3, 0.4) is 0 Å². The molecular formula is C15H11FN2O2S. The Hall–Kier alpha value is -2.52. The maximum atomic E-state index is 12.9. The summed E-state index contributed by atoms with van der Waals surface area (Å²) in [6.07, 6.45) is 3.10. The topological polar surface area (TPSA) is 66.0 Å². The minimum atomic E-state index is -0.499. The van der Waals surface area contributed by atoms with Gasteiger partial charge in [0.2, 0.25) is 5.78 Å². The fourth-order valence-corrected chi connectivity index (χ4v) is 2.18. The number of hydrogen-bond donors (Lipinski definition) is 1. The number of halogens is 1. The smallest absolute Gasteiger partial charge is 0.241 e. The number of nitrogens with one attached hydrogen (secondary N) is 1. The lowest BCUT2D eigenvalue weighted by molar-refractivity contribution is 0.101. The van der Waals surface area contributed by atoms with Gasteiger partial charge in [0.05, 0.1) is 11.3 Å². The lowest BCUT2D eigenvalue weighted by Crippen LogP contribution is -2.08. The number of benzene rings is 1. The molecule has 1 aromatic heterocycles. The zero-order valence-electron chi connectivity index (χ0n) is 11.1. The number of carbonyl (C=O) groups excluding carboxylic acids is 1. The van der Waals surface area contributed by atoms with Gasteiger partial charge in [-0.1, -0.05) is 0 Å². The van der Waals surface area contributed by atoms with E-state index >= 15 is 0 Å². The molecule has 0 radical (unpaired) electrons. The van der Waals surface area contributed by atoms with Crippen LogP contribution in [0.2, 0.25) is 0 Å². The SMILES string of the molecule is CS/C(Nc1ccc(F)cc1)=C(\C#N)C(=O)c1ccco1. The fraction of sp³-hybridized carbons (Fsp3) is 0.0667. The van der Waals surface area contributed by atoms with E-state index in [0.29, 0.717) is 10.7 Å². The van der Waals surface area contributed by atoms with E-state index in [9.17, 15) is 14.4 Å². The zero-order valence-corrected chi connectivity index (χ0v) is 11.9. The highest BCUT2D eigenvalue weighted by atomic mass is 32.2. The maximum absolute atomic E-state index is 12.9. The van der Waals surface area contributed by atoms with Crippen LogP contribution in [0.4, 0.5) is 10.1 Å². The molecule has 0 saturated heterocycles. The highest BCUT2D eigenvalue weighted by Crippen LogP contribution is 2.23. The summed E-state index contributed by atoms with van der Waals surface area (Å²) in [6, 6.07) is 10.6. The van der Waals surface area contributed by atoms with Crippen molar-refractivity contribution in [2.24, 2.45) is 0 Å². The van der Waals surface area contributed by atoms with Crippen LogP contribution in [0.1, 0.15) is 10.6 Å². The molecule has 0 aliphatic heterocycles. The molecule has 2 aromatic rings. The average Bonchev–Trinajstić information content (AvgIpc) is 3.03. The zero-order chi connectivity index (χ0) is 15.2. The summed E-state index contributed by atoms with van der Waals surface area (Å²) >= 11 is 1.22. The molecule has 4 nitrogen and oxygen atoms in total. The molecule has 6 heteroatoms. The molecule has 0 atom stereocenters. The van der Waals surface area contributed by atoms with Gasteiger partial charge in [0.25, 0.3) is 0 Å². The Morgan fingerprint density at radius 2 is 2.05 bits per heavy atom. The van der Waals surface area contributed by atoms with E-state index in [4.69, 9.17) is 4.42 Å². The molecule has 0 amide bonds. The number of nitrogens with zero attached hydrogens (tertiary/aromatic N) is 1. The monoisotopic (exact) mass is 302 g/mol. The molecule has 2 rings (SSSR count). The van der Waals surface area contributed by atoms with Gasteiger partial charge in [-0.25, -0.2) is 4.39 Å². The summed E-state index contributed by atoms with van der Waals surface area (Å²) in [5.74, 6) is -0.761. The summed E-state index contributed by atoms with van der Waals surface area (Å²) in [5, 5.41) is 12.6. The molecule has 1 aromatic carbocycles. The van der Waals surface area contributed by atoms with Crippen LogP contribution in [-0.2, 0) is 0 Å². The molecule has 0 aliphatic rings. The van der Waals surface area contributed by atoms with Gasteiger partial charge in [-0.15, -0.1) is 11.8 Å². The number of allylic oxidation sites excluding steroid dienone is 1. The van der Waals surface area contributed by atoms with Crippen LogP contribution >= 0.6 is 11.8 Å². The third-order valence-electron chi connectivity index (χ3n) is 2.62. The first-order chi connectivity index (χ1) is 10.2. The first-order valence-corrected chi connectivity index (χ1v) is 7.17. The first-order valence-electron chi connectivity index (χ1n) is 5.95. The number of thioether (sulfide) groups is 1. The van der Waals surface area contributed by atoms with E-state index in [1.165, 1.54) is 48.4 Å². The predicted octanol–water partition coefficient (Wildman–Crippen LogP) is 3.81. The van der Waals surface area contributed by atoms with E-state index in [2.05, 4.69) is 5.32 Å². The van der Waals surface area contributed by atoms with Crippen LogP contribution in [0.25, 0.3) is 0 Å². The molecule has 0 fully saturated rings. The number of anilines is 1. The Morgan fingerprint density at radius 1 is 1.33 bits per heavy atom.